The van der Waals surface area contributed by atoms with Crippen LogP contribution in [-0.2, 0) is 13.5 Å². The predicted molar refractivity (Wildman–Crippen MR) is 87.1 cm³/mol. The van der Waals surface area contributed by atoms with Crippen LogP contribution in [0.1, 0.15) is 29.4 Å². The molecule has 21 heavy (non-hydrogen) atoms. The van der Waals surface area contributed by atoms with E-state index in [2.05, 4.69) is 48.9 Å². The Bertz CT molecular complexity index is 744. The summed E-state index contributed by atoms with van der Waals surface area (Å²) in [5, 5.41) is 0. The number of para-hydroxylation sites is 1. The van der Waals surface area contributed by atoms with Crippen LogP contribution in [-0.4, -0.2) is 9.55 Å². The molecule has 3 nitrogen and oxygen atoms in total. The molecule has 1 atom stereocenters. The lowest BCUT2D eigenvalue weighted by atomic mass is 10.0. The van der Waals surface area contributed by atoms with Crippen molar-refractivity contribution >= 4 is 11.0 Å². The first kappa shape index (κ1) is 13.8. The molecule has 0 fully saturated rings. The minimum absolute atomic E-state index is 0.0621. The highest BCUT2D eigenvalue weighted by Gasteiger charge is 2.12. The van der Waals surface area contributed by atoms with Crippen LogP contribution in [0.2, 0.25) is 0 Å². The van der Waals surface area contributed by atoms with Crippen LogP contribution in [0.5, 0.6) is 0 Å². The van der Waals surface area contributed by atoms with Gasteiger partial charge in [-0.3, -0.25) is 0 Å². The van der Waals surface area contributed by atoms with Gasteiger partial charge in [-0.25, -0.2) is 4.98 Å². The van der Waals surface area contributed by atoms with E-state index in [4.69, 9.17) is 10.7 Å². The topological polar surface area (TPSA) is 43.8 Å². The first-order valence-corrected chi connectivity index (χ1v) is 7.38. The van der Waals surface area contributed by atoms with E-state index in [1.165, 1.54) is 16.6 Å². The summed E-state index contributed by atoms with van der Waals surface area (Å²) < 4.78 is 2.20. The van der Waals surface area contributed by atoms with E-state index in [0.29, 0.717) is 0 Å². The van der Waals surface area contributed by atoms with Crippen LogP contribution < -0.4 is 5.73 Å². The molecule has 0 saturated carbocycles. The maximum atomic E-state index is 6.28. The summed E-state index contributed by atoms with van der Waals surface area (Å²) in [4.78, 5) is 4.75. The molecule has 3 rings (SSSR count). The average Bonchev–Trinajstić information content (AvgIpc) is 2.83. The van der Waals surface area contributed by atoms with Crippen molar-refractivity contribution < 1.29 is 0 Å². The largest absolute Gasteiger partial charge is 0.331 e. The zero-order valence-corrected chi connectivity index (χ0v) is 12.6. The van der Waals surface area contributed by atoms with Crippen molar-refractivity contribution in [2.75, 3.05) is 0 Å². The van der Waals surface area contributed by atoms with Gasteiger partial charge in [0.1, 0.15) is 5.82 Å². The molecule has 0 aliphatic carbocycles. The Balaban J connectivity index is 1.80. The number of hydrogen-bond acceptors (Lipinski definition) is 2. The molecular weight excluding hydrogens is 258 g/mol. The number of imidazole rings is 1. The fraction of sp³-hybridized carbons (Fsp3) is 0.278. The molecule has 3 heteroatoms. The lowest BCUT2D eigenvalue weighted by Crippen LogP contribution is -2.12. The second-order valence-electron chi connectivity index (χ2n) is 5.59. The molecule has 0 spiro atoms. The standard InChI is InChI=1S/C18H21N3/c1-13-7-6-10-16-18(13)21(2)17(20-16)12-11-15(19)14-8-4-3-5-9-14/h3-10,15H,11-12,19H2,1-2H3. The predicted octanol–water partition coefficient (Wildman–Crippen LogP) is 3.51. The number of hydrogen-bond donors (Lipinski definition) is 1. The molecule has 1 aromatic heterocycles. The third kappa shape index (κ3) is 2.69. The number of rotatable bonds is 4. The maximum Gasteiger partial charge on any atom is 0.109 e. The van der Waals surface area contributed by atoms with Gasteiger partial charge in [0.25, 0.3) is 0 Å². The maximum absolute atomic E-state index is 6.28. The van der Waals surface area contributed by atoms with E-state index in [1.807, 2.05) is 18.2 Å². The Morgan fingerprint density at radius 1 is 1.10 bits per heavy atom. The van der Waals surface area contributed by atoms with Crippen LogP contribution in [0.15, 0.2) is 48.5 Å². The molecule has 3 aromatic rings. The Morgan fingerprint density at radius 3 is 2.57 bits per heavy atom. The van der Waals surface area contributed by atoms with Crippen LogP contribution in [0.25, 0.3) is 11.0 Å². The van der Waals surface area contributed by atoms with Gasteiger partial charge in [0.15, 0.2) is 0 Å². The first-order chi connectivity index (χ1) is 10.2. The summed E-state index contributed by atoms with van der Waals surface area (Å²) in [7, 11) is 2.09. The Hall–Kier alpha value is -2.13. The van der Waals surface area contributed by atoms with Gasteiger partial charge in [-0.05, 0) is 30.5 Å². The summed E-state index contributed by atoms with van der Waals surface area (Å²) in [6.45, 7) is 2.13. The molecule has 0 saturated heterocycles. The molecule has 108 valence electrons. The van der Waals surface area contributed by atoms with Crippen molar-refractivity contribution in [1.82, 2.24) is 9.55 Å². The van der Waals surface area contributed by atoms with Crippen molar-refractivity contribution in [3.05, 3.63) is 65.5 Å². The zero-order valence-electron chi connectivity index (χ0n) is 12.6. The minimum Gasteiger partial charge on any atom is -0.331 e. The second-order valence-corrected chi connectivity index (χ2v) is 5.59. The quantitative estimate of drug-likeness (QED) is 0.794. The number of nitrogens with zero attached hydrogens (tertiary/aromatic N) is 2. The normalized spacial score (nSPS) is 12.7. The summed E-state index contributed by atoms with van der Waals surface area (Å²) >= 11 is 0. The third-order valence-corrected chi connectivity index (χ3v) is 4.10. The Labute approximate surface area is 125 Å². The zero-order chi connectivity index (χ0) is 14.8. The number of benzene rings is 2. The Kier molecular flexibility index (Phi) is 3.76. The average molecular weight is 279 g/mol. The van der Waals surface area contributed by atoms with Gasteiger partial charge in [0, 0.05) is 19.5 Å². The summed E-state index contributed by atoms with van der Waals surface area (Å²) in [5.74, 6) is 1.10. The summed E-state index contributed by atoms with van der Waals surface area (Å²) in [5.41, 5.74) is 11.0. The van der Waals surface area contributed by atoms with Gasteiger partial charge in [-0.2, -0.15) is 0 Å². The smallest absolute Gasteiger partial charge is 0.109 e. The molecule has 0 amide bonds. The van der Waals surface area contributed by atoms with E-state index in [1.54, 1.807) is 0 Å². The van der Waals surface area contributed by atoms with Crippen molar-refractivity contribution in [2.45, 2.75) is 25.8 Å². The lowest BCUT2D eigenvalue weighted by molar-refractivity contribution is 0.623. The van der Waals surface area contributed by atoms with Crippen molar-refractivity contribution in [1.29, 1.82) is 0 Å². The van der Waals surface area contributed by atoms with Gasteiger partial charge >= 0.3 is 0 Å². The third-order valence-electron chi connectivity index (χ3n) is 4.10. The van der Waals surface area contributed by atoms with Crippen LogP contribution in [0.3, 0.4) is 0 Å². The van der Waals surface area contributed by atoms with Crippen LogP contribution >= 0.6 is 0 Å². The molecule has 1 unspecified atom stereocenters. The SMILES string of the molecule is Cc1cccc2nc(CCC(N)c3ccccc3)n(C)c12. The van der Waals surface area contributed by atoms with E-state index in [-0.39, 0.29) is 6.04 Å². The fourth-order valence-corrected chi connectivity index (χ4v) is 2.89. The summed E-state index contributed by atoms with van der Waals surface area (Å²) in [6, 6.07) is 16.6. The van der Waals surface area contributed by atoms with E-state index >= 15 is 0 Å². The van der Waals surface area contributed by atoms with Gasteiger partial charge in [0.2, 0.25) is 0 Å². The molecule has 0 radical (unpaired) electrons. The lowest BCUT2D eigenvalue weighted by Gasteiger charge is -2.11. The molecule has 0 aliphatic heterocycles. The summed E-state index contributed by atoms with van der Waals surface area (Å²) in [6.07, 6.45) is 1.79. The van der Waals surface area contributed by atoms with Crippen LogP contribution in [0.4, 0.5) is 0 Å². The molecule has 0 bridgehead atoms. The Morgan fingerprint density at radius 2 is 1.86 bits per heavy atom. The number of fused-ring (bicyclic) bond motifs is 1. The van der Waals surface area contributed by atoms with Gasteiger partial charge in [-0.15, -0.1) is 0 Å². The van der Waals surface area contributed by atoms with Crippen molar-refractivity contribution in [2.24, 2.45) is 12.8 Å². The van der Waals surface area contributed by atoms with Crippen molar-refractivity contribution in [3.8, 4) is 0 Å². The molecule has 2 N–H and O–H groups in total. The number of nitrogens with two attached hydrogens (primary N) is 1. The minimum atomic E-state index is 0.0621. The monoisotopic (exact) mass is 279 g/mol. The van der Waals surface area contributed by atoms with Gasteiger partial charge < -0.3 is 10.3 Å². The van der Waals surface area contributed by atoms with Crippen molar-refractivity contribution in [3.63, 3.8) is 0 Å². The van der Waals surface area contributed by atoms with Gasteiger partial charge in [-0.1, -0.05) is 42.5 Å². The molecular formula is C18H21N3. The highest BCUT2D eigenvalue weighted by molar-refractivity contribution is 5.79. The molecule has 0 aliphatic rings. The molecule has 2 aromatic carbocycles. The molecule has 1 heterocycles. The van der Waals surface area contributed by atoms with Gasteiger partial charge in [0.05, 0.1) is 11.0 Å². The number of aryl methyl sites for hydroxylation is 3. The first-order valence-electron chi connectivity index (χ1n) is 7.38. The highest BCUT2D eigenvalue weighted by atomic mass is 15.1. The fourth-order valence-electron chi connectivity index (χ4n) is 2.89. The van der Waals surface area contributed by atoms with E-state index in [9.17, 15) is 0 Å². The van der Waals surface area contributed by atoms with E-state index < -0.39 is 0 Å². The second kappa shape index (κ2) is 5.70. The highest BCUT2D eigenvalue weighted by Crippen LogP contribution is 2.21. The number of aromatic nitrogens is 2. The van der Waals surface area contributed by atoms with Crippen LogP contribution in [0, 0.1) is 6.92 Å². The van der Waals surface area contributed by atoms with E-state index in [0.717, 1.165) is 24.2 Å².